The maximum atomic E-state index is 11.0. The molecule has 1 fully saturated rings. The van der Waals surface area contributed by atoms with E-state index >= 15 is 0 Å². The summed E-state index contributed by atoms with van der Waals surface area (Å²) in [6.07, 6.45) is 0. The molecule has 1 aliphatic rings. The summed E-state index contributed by atoms with van der Waals surface area (Å²) in [6.45, 7) is -0.589. The molecule has 1 heterocycles. The quantitative estimate of drug-likeness (QED) is 0.515. The summed E-state index contributed by atoms with van der Waals surface area (Å²) in [7, 11) is 1.45. The third kappa shape index (κ3) is 2.15. The van der Waals surface area contributed by atoms with Crippen LogP contribution >= 0.6 is 0 Å². The van der Waals surface area contributed by atoms with Gasteiger partial charge in [0.2, 0.25) is 0 Å². The van der Waals surface area contributed by atoms with Crippen LogP contribution in [-0.2, 0) is 9.59 Å². The van der Waals surface area contributed by atoms with Crippen molar-refractivity contribution in [2.45, 2.75) is 0 Å². The number of aliphatic carboxylic acids is 1. The Morgan fingerprint density at radius 2 is 2.08 bits per heavy atom. The highest BCUT2D eigenvalue weighted by Crippen LogP contribution is 2.06. The van der Waals surface area contributed by atoms with Crippen LogP contribution in [0.25, 0.3) is 0 Å². The fraction of sp³-hybridized carbons (Fsp3) is 0.500. The van der Waals surface area contributed by atoms with Crippen LogP contribution < -0.4 is 0 Å². The second-order valence-electron chi connectivity index (χ2n) is 2.51. The van der Waals surface area contributed by atoms with Gasteiger partial charge in [-0.05, 0) is 0 Å². The summed E-state index contributed by atoms with van der Waals surface area (Å²) >= 11 is 0. The zero-order valence-corrected chi connectivity index (χ0v) is 6.98. The Bertz CT molecular complexity index is 251. The largest absolute Gasteiger partial charge is 0.480 e. The molecule has 0 aliphatic carbocycles. The van der Waals surface area contributed by atoms with Crippen LogP contribution in [0, 0.1) is 0 Å². The molecule has 0 aromatic rings. The molecule has 1 aliphatic heterocycles. The fourth-order valence-electron chi connectivity index (χ4n) is 0.960. The zero-order valence-electron chi connectivity index (χ0n) is 6.98. The van der Waals surface area contributed by atoms with Gasteiger partial charge in [-0.3, -0.25) is 14.5 Å². The van der Waals surface area contributed by atoms with E-state index in [1.807, 2.05) is 0 Å². The van der Waals surface area contributed by atoms with E-state index in [0.29, 0.717) is 4.90 Å². The van der Waals surface area contributed by atoms with E-state index in [1.54, 1.807) is 0 Å². The van der Waals surface area contributed by atoms with Gasteiger partial charge in [-0.25, -0.2) is 4.79 Å². The molecule has 0 atom stereocenters. The molecular formula is C6H10N2O5. The molecule has 0 radical (unpaired) electrons. The van der Waals surface area contributed by atoms with Crippen LogP contribution in [0.2, 0.25) is 0 Å². The lowest BCUT2D eigenvalue weighted by Gasteiger charge is -2.10. The normalized spacial score (nSPS) is 16.1. The van der Waals surface area contributed by atoms with Gasteiger partial charge in [0, 0.05) is 7.05 Å². The van der Waals surface area contributed by atoms with Crippen molar-refractivity contribution in [2.24, 2.45) is 0 Å². The van der Waals surface area contributed by atoms with Crippen LogP contribution in [0.15, 0.2) is 0 Å². The maximum absolute atomic E-state index is 11.0. The summed E-state index contributed by atoms with van der Waals surface area (Å²) in [5.41, 5.74) is 0. The van der Waals surface area contributed by atoms with E-state index < -0.39 is 24.5 Å². The number of carboxylic acids is 1. The van der Waals surface area contributed by atoms with E-state index in [-0.39, 0.29) is 12.0 Å². The van der Waals surface area contributed by atoms with Crippen LogP contribution in [0.1, 0.15) is 0 Å². The van der Waals surface area contributed by atoms with Gasteiger partial charge in [0.1, 0.15) is 13.1 Å². The standard InChI is InChI=1S/C6H8N2O4.H2O/c1-7-2-4(9)8(6(7)12)3-5(10)11;/h2-3H2,1H3,(H,10,11);1H2. The first-order valence-corrected chi connectivity index (χ1v) is 3.29. The Balaban J connectivity index is 0.00000144. The Kier molecular flexibility index (Phi) is 3.37. The van der Waals surface area contributed by atoms with E-state index in [2.05, 4.69) is 0 Å². The number of rotatable bonds is 2. The third-order valence-electron chi connectivity index (χ3n) is 1.52. The van der Waals surface area contributed by atoms with E-state index in [4.69, 9.17) is 5.11 Å². The van der Waals surface area contributed by atoms with Gasteiger partial charge in [0.15, 0.2) is 0 Å². The molecule has 0 spiro atoms. The number of hydrogen-bond donors (Lipinski definition) is 1. The summed E-state index contributed by atoms with van der Waals surface area (Å²) in [5, 5.41) is 8.33. The molecule has 74 valence electrons. The third-order valence-corrected chi connectivity index (χ3v) is 1.52. The average molecular weight is 190 g/mol. The molecule has 7 nitrogen and oxygen atoms in total. The minimum atomic E-state index is -1.19. The lowest BCUT2D eigenvalue weighted by Crippen LogP contribution is -2.35. The van der Waals surface area contributed by atoms with Gasteiger partial charge in [0.05, 0.1) is 0 Å². The molecule has 7 heteroatoms. The van der Waals surface area contributed by atoms with Crippen molar-refractivity contribution in [3.05, 3.63) is 0 Å². The van der Waals surface area contributed by atoms with Crippen molar-refractivity contribution >= 4 is 17.9 Å². The summed E-state index contributed by atoms with van der Waals surface area (Å²) in [4.78, 5) is 34.0. The summed E-state index contributed by atoms with van der Waals surface area (Å²) in [6, 6.07) is -0.553. The number of amides is 3. The minimum Gasteiger partial charge on any atom is -0.480 e. The smallest absolute Gasteiger partial charge is 0.327 e. The Labute approximate surface area is 73.8 Å². The first-order chi connectivity index (χ1) is 5.52. The van der Waals surface area contributed by atoms with Gasteiger partial charge >= 0.3 is 12.0 Å². The van der Waals surface area contributed by atoms with E-state index in [1.165, 1.54) is 11.9 Å². The molecule has 3 amide bonds. The highest BCUT2D eigenvalue weighted by atomic mass is 16.4. The van der Waals surface area contributed by atoms with Crippen molar-refractivity contribution in [1.82, 2.24) is 9.80 Å². The molecule has 1 rings (SSSR count). The van der Waals surface area contributed by atoms with Crippen LogP contribution in [0.4, 0.5) is 4.79 Å². The molecule has 3 N–H and O–H groups in total. The van der Waals surface area contributed by atoms with Gasteiger partial charge in [-0.15, -0.1) is 0 Å². The SMILES string of the molecule is CN1CC(=O)N(CC(=O)O)C1=O.O. The van der Waals surface area contributed by atoms with Crippen molar-refractivity contribution in [2.75, 3.05) is 20.1 Å². The molecule has 0 aromatic carbocycles. The van der Waals surface area contributed by atoms with E-state index in [0.717, 1.165) is 0 Å². The molecule has 13 heavy (non-hydrogen) atoms. The zero-order chi connectivity index (χ0) is 9.30. The molecule has 0 saturated carbocycles. The number of carbonyl (C=O) groups excluding carboxylic acids is 2. The topological polar surface area (TPSA) is 109 Å². The number of carboxylic acid groups (broad SMARTS) is 1. The van der Waals surface area contributed by atoms with Crippen LogP contribution in [-0.4, -0.2) is 58.4 Å². The number of hydrogen-bond acceptors (Lipinski definition) is 3. The van der Waals surface area contributed by atoms with Gasteiger partial charge < -0.3 is 15.5 Å². The number of urea groups is 1. The minimum absolute atomic E-state index is 0. The van der Waals surface area contributed by atoms with Gasteiger partial charge in [0.25, 0.3) is 5.91 Å². The first kappa shape index (κ1) is 11.4. The Hall–Kier alpha value is -1.63. The monoisotopic (exact) mass is 190 g/mol. The second-order valence-corrected chi connectivity index (χ2v) is 2.51. The molecule has 1 saturated heterocycles. The average Bonchev–Trinajstić information content (AvgIpc) is 2.16. The molecular weight excluding hydrogens is 180 g/mol. The second kappa shape index (κ2) is 3.85. The van der Waals surface area contributed by atoms with Crippen LogP contribution in [0.3, 0.4) is 0 Å². The molecule has 0 aromatic heterocycles. The van der Waals surface area contributed by atoms with Crippen molar-refractivity contribution in [1.29, 1.82) is 0 Å². The lowest BCUT2D eigenvalue weighted by atomic mass is 10.5. The Morgan fingerprint density at radius 1 is 1.54 bits per heavy atom. The maximum Gasteiger partial charge on any atom is 0.327 e. The number of nitrogens with zero attached hydrogens (tertiary/aromatic N) is 2. The number of carbonyl (C=O) groups is 3. The predicted octanol–water partition coefficient (Wildman–Crippen LogP) is -1.86. The van der Waals surface area contributed by atoms with Crippen LogP contribution in [0.5, 0.6) is 0 Å². The number of likely N-dealkylation sites (N-methyl/N-ethyl adjacent to an activating group) is 1. The van der Waals surface area contributed by atoms with Gasteiger partial charge in [-0.1, -0.05) is 0 Å². The first-order valence-electron chi connectivity index (χ1n) is 3.29. The molecule has 0 bridgehead atoms. The molecule has 0 unspecified atom stereocenters. The van der Waals surface area contributed by atoms with Crippen molar-refractivity contribution in [3.8, 4) is 0 Å². The number of imide groups is 1. The summed E-state index contributed by atoms with van der Waals surface area (Å²) in [5.74, 6) is -1.66. The predicted molar refractivity (Wildman–Crippen MR) is 41.0 cm³/mol. The fourth-order valence-corrected chi connectivity index (χ4v) is 0.960. The highest BCUT2D eigenvalue weighted by Gasteiger charge is 2.34. The Morgan fingerprint density at radius 3 is 2.38 bits per heavy atom. The summed E-state index contributed by atoms with van der Waals surface area (Å²) < 4.78 is 0. The van der Waals surface area contributed by atoms with Gasteiger partial charge in [-0.2, -0.15) is 0 Å². The lowest BCUT2D eigenvalue weighted by molar-refractivity contribution is -0.141. The highest BCUT2D eigenvalue weighted by molar-refractivity contribution is 6.03. The van der Waals surface area contributed by atoms with Crippen molar-refractivity contribution < 1.29 is 25.0 Å². The van der Waals surface area contributed by atoms with Crippen molar-refractivity contribution in [3.63, 3.8) is 0 Å². The van der Waals surface area contributed by atoms with E-state index in [9.17, 15) is 14.4 Å².